The van der Waals surface area contributed by atoms with Crippen molar-refractivity contribution < 1.29 is 29.0 Å². The van der Waals surface area contributed by atoms with Crippen molar-refractivity contribution in [3.05, 3.63) is 0 Å². The van der Waals surface area contributed by atoms with Crippen molar-refractivity contribution in [2.75, 3.05) is 19.7 Å². The Hall–Kier alpha value is -2.12. The van der Waals surface area contributed by atoms with Crippen molar-refractivity contribution in [2.24, 2.45) is 5.92 Å². The van der Waals surface area contributed by atoms with Gasteiger partial charge in [-0.05, 0) is 25.7 Å². The second-order valence-corrected chi connectivity index (χ2v) is 4.24. The maximum Gasteiger partial charge on any atom is 0.396 e. The second kappa shape index (κ2) is 9.76. The molecule has 0 aliphatic heterocycles. The van der Waals surface area contributed by atoms with E-state index in [0.29, 0.717) is 19.4 Å². The highest BCUT2D eigenvalue weighted by Crippen LogP contribution is 2.03. The van der Waals surface area contributed by atoms with Crippen LogP contribution in [0.3, 0.4) is 0 Å². The smallest absolute Gasteiger partial charge is 0.396 e. The molecule has 1 unspecified atom stereocenters. The highest BCUT2D eigenvalue weighted by molar-refractivity contribution is 6.32. The number of hydrogen-bond donors (Lipinski definition) is 3. The second-order valence-electron chi connectivity index (χ2n) is 4.24. The Morgan fingerprint density at radius 1 is 1.15 bits per heavy atom. The number of carboxylic acid groups (broad SMARTS) is 1. The van der Waals surface area contributed by atoms with E-state index in [1.807, 2.05) is 6.92 Å². The molecule has 0 radical (unpaired) electrons. The van der Waals surface area contributed by atoms with Crippen molar-refractivity contribution in [1.82, 2.24) is 10.6 Å². The van der Waals surface area contributed by atoms with Crippen LogP contribution in [0.4, 0.5) is 0 Å². The maximum atomic E-state index is 11.2. The van der Waals surface area contributed by atoms with E-state index in [4.69, 9.17) is 5.11 Å². The molecule has 0 aromatic carbocycles. The Labute approximate surface area is 116 Å². The lowest BCUT2D eigenvalue weighted by atomic mass is 10.1. The van der Waals surface area contributed by atoms with E-state index in [0.717, 1.165) is 0 Å². The molecule has 0 bridgehead atoms. The number of aliphatic carboxylic acids is 1. The molecule has 114 valence electrons. The number of carbonyl (C=O) groups excluding carboxylic acids is 3. The van der Waals surface area contributed by atoms with Gasteiger partial charge in [0.25, 0.3) is 0 Å². The minimum Gasteiger partial charge on any atom is -0.474 e. The van der Waals surface area contributed by atoms with Crippen LogP contribution in [0.15, 0.2) is 0 Å². The normalized spacial score (nSPS) is 11.3. The largest absolute Gasteiger partial charge is 0.474 e. The quantitative estimate of drug-likeness (QED) is 0.323. The van der Waals surface area contributed by atoms with Gasteiger partial charge in [0.1, 0.15) is 0 Å². The highest BCUT2D eigenvalue weighted by atomic mass is 16.5. The van der Waals surface area contributed by atoms with Gasteiger partial charge in [-0.25, -0.2) is 9.59 Å². The summed E-state index contributed by atoms with van der Waals surface area (Å²) in [4.78, 5) is 43.2. The summed E-state index contributed by atoms with van der Waals surface area (Å²) < 4.78 is 4.53. The first kappa shape index (κ1) is 17.9. The summed E-state index contributed by atoms with van der Waals surface area (Å²) in [6.45, 7) is 4.18. The lowest BCUT2D eigenvalue weighted by Gasteiger charge is -2.12. The monoisotopic (exact) mass is 288 g/mol. The van der Waals surface area contributed by atoms with Crippen molar-refractivity contribution in [3.63, 3.8) is 0 Å². The molecule has 0 aliphatic carbocycles. The highest BCUT2D eigenvalue weighted by Gasteiger charge is 2.15. The van der Waals surface area contributed by atoms with Gasteiger partial charge in [-0.3, -0.25) is 9.59 Å². The third-order valence-corrected chi connectivity index (χ3v) is 2.43. The Bertz CT molecular complexity index is 369. The molecule has 8 heteroatoms. The first-order valence-electron chi connectivity index (χ1n) is 6.34. The molecule has 0 heterocycles. The minimum absolute atomic E-state index is 0.0927. The molecule has 2 amide bonds. The predicted octanol–water partition coefficient (Wildman–Crippen LogP) is -0.717. The van der Waals surface area contributed by atoms with Crippen LogP contribution in [0.25, 0.3) is 0 Å². The van der Waals surface area contributed by atoms with Crippen LogP contribution >= 0.6 is 0 Å². The van der Waals surface area contributed by atoms with E-state index >= 15 is 0 Å². The number of hydrogen-bond acceptors (Lipinski definition) is 5. The summed E-state index contributed by atoms with van der Waals surface area (Å²) in [5, 5.41) is 13.0. The van der Waals surface area contributed by atoms with Gasteiger partial charge in [0.05, 0.1) is 6.61 Å². The molecule has 0 spiro atoms. The number of carbonyl (C=O) groups is 4. The van der Waals surface area contributed by atoms with Crippen molar-refractivity contribution >= 4 is 23.8 Å². The first-order chi connectivity index (χ1) is 9.38. The average Bonchev–Trinajstić information content (AvgIpc) is 2.40. The Kier molecular flexibility index (Phi) is 8.73. The molecule has 20 heavy (non-hydrogen) atoms. The Morgan fingerprint density at radius 3 is 2.35 bits per heavy atom. The van der Waals surface area contributed by atoms with Crippen LogP contribution < -0.4 is 10.6 Å². The summed E-state index contributed by atoms with van der Waals surface area (Å²) in [6, 6.07) is 0. The van der Waals surface area contributed by atoms with Crippen LogP contribution in [0, 0.1) is 5.92 Å². The van der Waals surface area contributed by atoms with Crippen LogP contribution in [0.2, 0.25) is 0 Å². The standard InChI is InChI=1S/C12H20N2O6/c1-3-20-12(19)10(16)14-7-8(2)5-4-6-13-9(15)11(17)18/h8H,3-7H2,1-2H3,(H,13,15)(H,14,16)(H,17,18). The lowest BCUT2D eigenvalue weighted by molar-refractivity contribution is -0.154. The zero-order chi connectivity index (χ0) is 15.5. The molecule has 0 rings (SSSR count). The van der Waals surface area contributed by atoms with Crippen LogP contribution in [-0.2, 0) is 23.9 Å². The average molecular weight is 288 g/mol. The molecule has 0 aliphatic rings. The number of esters is 1. The molecule has 0 aromatic rings. The van der Waals surface area contributed by atoms with Crippen molar-refractivity contribution in [2.45, 2.75) is 26.7 Å². The zero-order valence-corrected chi connectivity index (χ0v) is 11.6. The van der Waals surface area contributed by atoms with Gasteiger partial charge in [0.15, 0.2) is 0 Å². The van der Waals surface area contributed by atoms with Crippen LogP contribution in [-0.4, -0.2) is 48.6 Å². The molecular formula is C12H20N2O6. The van der Waals surface area contributed by atoms with Crippen molar-refractivity contribution in [3.8, 4) is 0 Å². The van der Waals surface area contributed by atoms with Gasteiger partial charge >= 0.3 is 23.8 Å². The van der Waals surface area contributed by atoms with Gasteiger partial charge in [0, 0.05) is 13.1 Å². The topological polar surface area (TPSA) is 122 Å². The number of ether oxygens (including phenoxy) is 1. The fraction of sp³-hybridized carbons (Fsp3) is 0.667. The zero-order valence-electron chi connectivity index (χ0n) is 11.6. The SMILES string of the molecule is CCOC(=O)C(=O)NCC(C)CCCNC(=O)C(=O)O. The van der Waals surface area contributed by atoms with Crippen molar-refractivity contribution in [1.29, 1.82) is 0 Å². The van der Waals surface area contributed by atoms with E-state index in [1.165, 1.54) is 0 Å². The van der Waals surface area contributed by atoms with Gasteiger partial charge in [-0.2, -0.15) is 0 Å². The first-order valence-corrected chi connectivity index (χ1v) is 6.34. The summed E-state index contributed by atoms with van der Waals surface area (Å²) in [7, 11) is 0. The molecule has 0 saturated heterocycles. The van der Waals surface area contributed by atoms with Gasteiger partial charge < -0.3 is 20.5 Å². The van der Waals surface area contributed by atoms with Gasteiger partial charge in [-0.1, -0.05) is 6.92 Å². The number of nitrogens with one attached hydrogen (secondary N) is 2. The van der Waals surface area contributed by atoms with E-state index in [1.54, 1.807) is 6.92 Å². The fourth-order valence-corrected chi connectivity index (χ4v) is 1.37. The minimum atomic E-state index is -1.51. The third kappa shape index (κ3) is 8.06. The molecule has 0 saturated carbocycles. The summed E-state index contributed by atoms with van der Waals surface area (Å²) >= 11 is 0. The number of carboxylic acids is 1. The Morgan fingerprint density at radius 2 is 1.80 bits per heavy atom. The molecule has 0 aromatic heterocycles. The van der Waals surface area contributed by atoms with Crippen LogP contribution in [0.1, 0.15) is 26.7 Å². The predicted molar refractivity (Wildman–Crippen MR) is 68.7 cm³/mol. The fourth-order valence-electron chi connectivity index (χ4n) is 1.37. The molecular weight excluding hydrogens is 268 g/mol. The van der Waals surface area contributed by atoms with E-state index in [-0.39, 0.29) is 19.1 Å². The third-order valence-electron chi connectivity index (χ3n) is 2.43. The molecule has 0 fully saturated rings. The lowest BCUT2D eigenvalue weighted by Crippen LogP contribution is -2.35. The summed E-state index contributed by atoms with van der Waals surface area (Å²) in [5.74, 6) is -4.14. The number of amides is 2. The molecule has 3 N–H and O–H groups in total. The van der Waals surface area contributed by atoms with Gasteiger partial charge in [0.2, 0.25) is 0 Å². The van der Waals surface area contributed by atoms with E-state index < -0.39 is 23.8 Å². The summed E-state index contributed by atoms with van der Waals surface area (Å²) in [5.41, 5.74) is 0. The van der Waals surface area contributed by atoms with E-state index in [2.05, 4.69) is 15.4 Å². The molecule has 1 atom stereocenters. The van der Waals surface area contributed by atoms with E-state index in [9.17, 15) is 19.2 Å². The Balaban J connectivity index is 3.71. The van der Waals surface area contributed by atoms with Gasteiger partial charge in [-0.15, -0.1) is 0 Å². The maximum absolute atomic E-state index is 11.2. The van der Waals surface area contributed by atoms with Crippen LogP contribution in [0.5, 0.6) is 0 Å². The summed E-state index contributed by atoms with van der Waals surface area (Å²) in [6.07, 6.45) is 1.25. The number of rotatable bonds is 7. The molecule has 8 nitrogen and oxygen atoms in total.